The predicted octanol–water partition coefficient (Wildman–Crippen LogP) is -1.18. The van der Waals surface area contributed by atoms with E-state index in [1.807, 2.05) is 0 Å². The van der Waals surface area contributed by atoms with Crippen molar-refractivity contribution in [2.24, 2.45) is 0 Å². The third-order valence-electron chi connectivity index (χ3n) is 1.51. The van der Waals surface area contributed by atoms with Crippen LogP contribution in [0.1, 0.15) is 38.5 Å². The van der Waals surface area contributed by atoms with Gasteiger partial charge in [-0.2, -0.15) is 0 Å². The molecule has 0 unspecified atom stereocenters. The van der Waals surface area contributed by atoms with Gasteiger partial charge in [-0.15, -0.1) is 0 Å². The van der Waals surface area contributed by atoms with Crippen LogP contribution in [0.2, 0.25) is 0 Å². The van der Waals surface area contributed by atoms with Gasteiger partial charge in [0.15, 0.2) is 0 Å². The molecule has 0 saturated heterocycles. The topological polar surface area (TPSA) is 80.3 Å². The van der Waals surface area contributed by atoms with Crippen LogP contribution in [0.4, 0.5) is 0 Å². The van der Waals surface area contributed by atoms with Crippen molar-refractivity contribution >= 4 is 11.9 Å². The van der Waals surface area contributed by atoms with Gasteiger partial charge in [0.1, 0.15) is 0 Å². The Morgan fingerprint density at radius 2 is 1.08 bits per heavy atom. The summed E-state index contributed by atoms with van der Waals surface area (Å²) in [6, 6.07) is 0. The Bertz CT molecular complexity index is 140. The summed E-state index contributed by atoms with van der Waals surface area (Å²) in [6.45, 7) is 0. The molecule has 5 heteroatoms. The molecular weight excluding hydrogens is 224 g/mol. The van der Waals surface area contributed by atoms with Crippen molar-refractivity contribution in [3.05, 3.63) is 0 Å². The number of carboxylic acid groups (broad SMARTS) is 2. The van der Waals surface area contributed by atoms with E-state index < -0.39 is 11.9 Å². The molecule has 0 rings (SSSR count). The minimum Gasteiger partial charge on any atom is -0.550 e. The fourth-order valence-corrected chi connectivity index (χ4v) is 0.892. The van der Waals surface area contributed by atoms with Crippen molar-refractivity contribution < 1.29 is 36.9 Å². The van der Waals surface area contributed by atoms with Gasteiger partial charge >= 0.3 is 17.1 Å². The zero-order valence-corrected chi connectivity index (χ0v) is 8.12. The normalized spacial score (nSPS) is 8.92. The molecule has 0 aromatic heterocycles. The van der Waals surface area contributed by atoms with Gasteiger partial charge in [0.2, 0.25) is 0 Å². The quantitative estimate of drug-likeness (QED) is 0.411. The van der Waals surface area contributed by atoms with E-state index >= 15 is 0 Å². The van der Waals surface area contributed by atoms with Gasteiger partial charge in [0.05, 0.1) is 0 Å². The number of aliphatic carboxylic acids is 2. The summed E-state index contributed by atoms with van der Waals surface area (Å²) in [5.41, 5.74) is 0. The van der Waals surface area contributed by atoms with Crippen LogP contribution >= 0.6 is 0 Å². The van der Waals surface area contributed by atoms with Crippen LogP contribution in [0.3, 0.4) is 0 Å². The summed E-state index contributed by atoms with van der Waals surface area (Å²) in [6.07, 6.45) is 2.73. The van der Waals surface area contributed by atoms with Gasteiger partial charge in [-0.25, -0.2) is 0 Å². The first-order valence-electron chi connectivity index (χ1n) is 4.02. The van der Waals surface area contributed by atoms with Crippen molar-refractivity contribution in [3.63, 3.8) is 0 Å². The molecule has 0 bridgehead atoms. The molecule has 0 heterocycles. The molecule has 0 atom stereocenters. The smallest absolute Gasteiger partial charge is 0.550 e. The van der Waals surface area contributed by atoms with Crippen LogP contribution in [-0.4, -0.2) is 11.9 Å². The fraction of sp³-hybridized carbons (Fsp3) is 0.750. The number of unbranched alkanes of at least 4 members (excludes halogenated alkanes) is 3. The Morgan fingerprint density at radius 1 is 0.769 bits per heavy atom. The first-order chi connectivity index (χ1) is 5.63. The molecule has 0 aromatic carbocycles. The second-order valence-electron chi connectivity index (χ2n) is 2.66. The first kappa shape index (κ1) is 15.0. The third-order valence-corrected chi connectivity index (χ3v) is 1.51. The van der Waals surface area contributed by atoms with E-state index in [0.717, 1.165) is 12.8 Å². The Morgan fingerprint density at radius 3 is 1.31 bits per heavy atom. The second kappa shape index (κ2) is 9.55. The van der Waals surface area contributed by atoms with E-state index in [2.05, 4.69) is 0 Å². The molecular formula is C8H12CuO4. The Kier molecular flexibility index (Phi) is 11.0. The van der Waals surface area contributed by atoms with Gasteiger partial charge in [0, 0.05) is 11.9 Å². The van der Waals surface area contributed by atoms with Crippen LogP contribution in [0.25, 0.3) is 0 Å². The van der Waals surface area contributed by atoms with Gasteiger partial charge in [0.25, 0.3) is 0 Å². The molecule has 4 nitrogen and oxygen atoms in total. The summed E-state index contributed by atoms with van der Waals surface area (Å²) in [7, 11) is 0. The summed E-state index contributed by atoms with van der Waals surface area (Å²) in [4.78, 5) is 19.8. The van der Waals surface area contributed by atoms with Gasteiger partial charge in [-0.3, -0.25) is 0 Å². The maximum absolute atomic E-state index is 9.92. The van der Waals surface area contributed by atoms with E-state index in [-0.39, 0.29) is 29.9 Å². The molecule has 0 N–H and O–H groups in total. The number of carbonyl (C=O) groups excluding carboxylic acids is 2. The Balaban J connectivity index is 0. The standard InChI is InChI=1S/C8H14O4.Cu/c9-7(10)5-3-1-2-4-6-8(11)12;/h1-6H2,(H,9,10)(H,11,12);/q;+2/p-2. The molecule has 79 valence electrons. The predicted molar refractivity (Wildman–Crippen MR) is 37.7 cm³/mol. The fourth-order valence-electron chi connectivity index (χ4n) is 0.892. The molecule has 1 radical (unpaired) electrons. The average Bonchev–Trinajstić information content (AvgIpc) is 1.95. The summed E-state index contributed by atoms with van der Waals surface area (Å²) in [5, 5.41) is 19.8. The van der Waals surface area contributed by atoms with E-state index in [4.69, 9.17) is 0 Å². The number of carbonyl (C=O) groups is 2. The molecule has 0 amide bonds. The van der Waals surface area contributed by atoms with Crippen molar-refractivity contribution in [1.82, 2.24) is 0 Å². The van der Waals surface area contributed by atoms with E-state index in [0.29, 0.717) is 12.8 Å². The van der Waals surface area contributed by atoms with Crippen LogP contribution in [0.15, 0.2) is 0 Å². The van der Waals surface area contributed by atoms with Crippen molar-refractivity contribution in [1.29, 1.82) is 0 Å². The second-order valence-corrected chi connectivity index (χ2v) is 2.66. The SMILES string of the molecule is O=C([O-])CCCCCCC(=O)[O-].[Cu+2]. The molecule has 0 saturated carbocycles. The molecule has 0 fully saturated rings. The maximum Gasteiger partial charge on any atom is 2.00 e. The minimum absolute atomic E-state index is 0. The Labute approximate surface area is 87.8 Å². The minimum atomic E-state index is -1.05. The van der Waals surface area contributed by atoms with Crippen LogP contribution < -0.4 is 10.2 Å². The molecule has 0 aliphatic carbocycles. The number of carboxylic acids is 2. The van der Waals surface area contributed by atoms with E-state index in [1.54, 1.807) is 0 Å². The summed E-state index contributed by atoms with van der Waals surface area (Å²) < 4.78 is 0. The molecule has 0 aliphatic heterocycles. The molecule has 0 spiro atoms. The molecule has 0 aliphatic rings. The number of hydrogen-bond acceptors (Lipinski definition) is 4. The number of rotatable bonds is 7. The van der Waals surface area contributed by atoms with Gasteiger partial charge in [-0.05, 0) is 25.7 Å². The summed E-state index contributed by atoms with van der Waals surface area (Å²) >= 11 is 0. The van der Waals surface area contributed by atoms with E-state index in [1.165, 1.54) is 0 Å². The summed E-state index contributed by atoms with van der Waals surface area (Å²) in [5.74, 6) is -2.09. The van der Waals surface area contributed by atoms with Crippen LogP contribution in [0, 0.1) is 0 Å². The molecule has 13 heavy (non-hydrogen) atoms. The maximum atomic E-state index is 9.92. The number of hydrogen-bond donors (Lipinski definition) is 0. The first-order valence-corrected chi connectivity index (χ1v) is 4.02. The molecule has 0 aromatic rings. The largest absolute Gasteiger partial charge is 2.00 e. The monoisotopic (exact) mass is 235 g/mol. The Hall–Kier alpha value is -0.541. The van der Waals surface area contributed by atoms with Gasteiger partial charge < -0.3 is 19.8 Å². The third kappa shape index (κ3) is 14.3. The van der Waals surface area contributed by atoms with Crippen molar-refractivity contribution in [3.8, 4) is 0 Å². The van der Waals surface area contributed by atoms with Crippen molar-refractivity contribution in [2.45, 2.75) is 38.5 Å². The zero-order chi connectivity index (χ0) is 9.40. The van der Waals surface area contributed by atoms with Crippen LogP contribution in [0.5, 0.6) is 0 Å². The van der Waals surface area contributed by atoms with Crippen LogP contribution in [-0.2, 0) is 26.7 Å². The van der Waals surface area contributed by atoms with Gasteiger partial charge in [-0.1, -0.05) is 12.8 Å². The van der Waals surface area contributed by atoms with Crippen molar-refractivity contribution in [2.75, 3.05) is 0 Å². The average molecular weight is 236 g/mol. The van der Waals surface area contributed by atoms with E-state index in [9.17, 15) is 19.8 Å². The zero-order valence-electron chi connectivity index (χ0n) is 7.18.